The molecule has 0 amide bonds. The molecule has 0 fully saturated rings. The van der Waals surface area contributed by atoms with Gasteiger partial charge >= 0.3 is 5.76 Å². The molecule has 1 aromatic heterocycles. The third kappa shape index (κ3) is 3.46. The van der Waals surface area contributed by atoms with Crippen LogP contribution in [0.1, 0.15) is 13.8 Å². The number of aryl methyl sites for hydroxylation is 1. The molecule has 0 atom stereocenters. The number of sulfonamides is 1. The molecule has 9 heteroatoms. The molecule has 0 unspecified atom stereocenters. The number of aromatic nitrogens is 1. The third-order valence-electron chi connectivity index (χ3n) is 3.00. The normalized spacial score (nSPS) is 12.4. The van der Waals surface area contributed by atoms with Crippen molar-refractivity contribution in [1.82, 2.24) is 9.29 Å². The molecule has 1 aromatic carbocycles. The highest BCUT2D eigenvalue weighted by Gasteiger charge is 2.25. The van der Waals surface area contributed by atoms with Crippen molar-refractivity contribution in [3.8, 4) is 0 Å². The molecule has 0 bridgehead atoms. The molecule has 0 saturated heterocycles. The van der Waals surface area contributed by atoms with E-state index in [0.717, 1.165) is 0 Å². The zero-order valence-electron chi connectivity index (χ0n) is 11.9. The van der Waals surface area contributed by atoms with Gasteiger partial charge in [-0.1, -0.05) is 0 Å². The minimum absolute atomic E-state index is 0. The summed E-state index contributed by atoms with van der Waals surface area (Å²) in [5.74, 6) is -0.537. The van der Waals surface area contributed by atoms with E-state index < -0.39 is 21.3 Å². The summed E-state index contributed by atoms with van der Waals surface area (Å²) >= 11 is 0. The van der Waals surface area contributed by atoms with Gasteiger partial charge in [-0.05, 0) is 26.0 Å². The minimum atomic E-state index is -3.73. The van der Waals surface area contributed by atoms with E-state index in [-0.39, 0.29) is 29.4 Å². The quantitative estimate of drug-likeness (QED) is 0.849. The number of oxazole rings is 1. The molecule has 0 aliphatic carbocycles. The van der Waals surface area contributed by atoms with Crippen molar-refractivity contribution >= 4 is 33.5 Å². The maximum Gasteiger partial charge on any atom is 0.419 e. The molecule has 2 rings (SSSR count). The van der Waals surface area contributed by atoms with Crippen molar-refractivity contribution in [3.63, 3.8) is 0 Å². The van der Waals surface area contributed by atoms with E-state index >= 15 is 0 Å². The summed E-state index contributed by atoms with van der Waals surface area (Å²) in [7, 11) is -2.17. The predicted octanol–water partition coefficient (Wildman–Crippen LogP) is 0.569. The monoisotopic (exact) mass is 335 g/mol. The number of hydrogen-bond acceptors (Lipinski definition) is 5. The number of halogens is 1. The lowest BCUT2D eigenvalue weighted by atomic mass is 10.1. The van der Waals surface area contributed by atoms with Crippen LogP contribution in [-0.2, 0) is 17.1 Å². The second-order valence-electron chi connectivity index (χ2n) is 5.25. The Morgan fingerprint density at radius 2 is 2.00 bits per heavy atom. The van der Waals surface area contributed by atoms with Crippen LogP contribution < -0.4 is 16.2 Å². The van der Waals surface area contributed by atoms with Gasteiger partial charge < -0.3 is 10.2 Å². The lowest BCUT2D eigenvalue weighted by Crippen LogP contribution is -2.48. The fraction of sp³-hybridized carbons (Fsp3) is 0.417. The van der Waals surface area contributed by atoms with Crippen molar-refractivity contribution in [1.29, 1.82) is 0 Å². The van der Waals surface area contributed by atoms with E-state index in [0.29, 0.717) is 5.52 Å². The van der Waals surface area contributed by atoms with Crippen LogP contribution >= 0.6 is 12.4 Å². The lowest BCUT2D eigenvalue weighted by Gasteiger charge is -2.23. The SMILES string of the molecule is Cl.Cn1c(=O)oc2cc(S(=O)(=O)NC(C)(C)CN)ccc21. The van der Waals surface area contributed by atoms with Crippen molar-refractivity contribution < 1.29 is 12.8 Å². The van der Waals surface area contributed by atoms with Gasteiger partial charge in [0.15, 0.2) is 5.58 Å². The molecule has 0 saturated carbocycles. The average Bonchev–Trinajstić information content (AvgIpc) is 2.63. The number of nitrogens with two attached hydrogens (primary N) is 1. The second-order valence-corrected chi connectivity index (χ2v) is 6.93. The molecule has 1 heterocycles. The second kappa shape index (κ2) is 5.80. The largest absolute Gasteiger partial charge is 0.419 e. The lowest BCUT2D eigenvalue weighted by molar-refractivity contribution is 0.462. The van der Waals surface area contributed by atoms with Gasteiger partial charge in [-0.25, -0.2) is 17.9 Å². The van der Waals surface area contributed by atoms with E-state index in [1.807, 2.05) is 0 Å². The van der Waals surface area contributed by atoms with Crippen LogP contribution in [0, 0.1) is 0 Å². The Kier molecular flexibility index (Phi) is 4.89. The number of benzene rings is 1. The standard InChI is InChI=1S/C12H17N3O4S.ClH/c1-12(2,7-13)14-20(17,18)8-4-5-9-10(6-8)19-11(16)15(9)3;/h4-6,14H,7,13H2,1-3H3;1H. The zero-order chi connectivity index (χ0) is 15.1. The molecule has 7 nitrogen and oxygen atoms in total. The van der Waals surface area contributed by atoms with E-state index in [1.54, 1.807) is 20.9 Å². The van der Waals surface area contributed by atoms with Gasteiger partial charge in [-0.2, -0.15) is 0 Å². The maximum absolute atomic E-state index is 12.2. The summed E-state index contributed by atoms with van der Waals surface area (Å²) in [5, 5.41) is 0. The summed E-state index contributed by atoms with van der Waals surface area (Å²) in [6.07, 6.45) is 0. The fourth-order valence-electron chi connectivity index (χ4n) is 1.75. The highest BCUT2D eigenvalue weighted by atomic mass is 35.5. The van der Waals surface area contributed by atoms with Gasteiger partial charge in [0.2, 0.25) is 10.0 Å². The number of rotatable bonds is 4. The first-order valence-corrected chi connectivity index (χ1v) is 7.48. The molecular weight excluding hydrogens is 318 g/mol. The topological polar surface area (TPSA) is 107 Å². The molecule has 0 radical (unpaired) electrons. The summed E-state index contributed by atoms with van der Waals surface area (Å²) in [6, 6.07) is 4.28. The smallest absolute Gasteiger partial charge is 0.408 e. The Hall–Kier alpha value is -1.35. The highest BCUT2D eigenvalue weighted by molar-refractivity contribution is 7.89. The molecule has 2 aromatic rings. The highest BCUT2D eigenvalue weighted by Crippen LogP contribution is 2.19. The van der Waals surface area contributed by atoms with Gasteiger partial charge in [0.1, 0.15) is 0 Å². The van der Waals surface area contributed by atoms with Crippen LogP contribution in [0.5, 0.6) is 0 Å². The Morgan fingerprint density at radius 3 is 2.57 bits per heavy atom. The van der Waals surface area contributed by atoms with E-state index in [2.05, 4.69) is 4.72 Å². The Morgan fingerprint density at radius 1 is 1.38 bits per heavy atom. The molecule has 21 heavy (non-hydrogen) atoms. The molecule has 0 spiro atoms. The first-order chi connectivity index (χ1) is 9.16. The molecule has 3 N–H and O–H groups in total. The molecular formula is C12H18ClN3O4S. The van der Waals surface area contributed by atoms with Crippen LogP contribution in [-0.4, -0.2) is 25.1 Å². The molecule has 0 aliphatic rings. The van der Waals surface area contributed by atoms with Gasteiger partial charge in [0, 0.05) is 25.2 Å². The summed E-state index contributed by atoms with van der Waals surface area (Å²) in [5.41, 5.74) is 5.52. The molecule has 118 valence electrons. The zero-order valence-corrected chi connectivity index (χ0v) is 13.5. The van der Waals surface area contributed by atoms with Crippen LogP contribution in [0.15, 0.2) is 32.3 Å². The van der Waals surface area contributed by atoms with Crippen LogP contribution in [0.25, 0.3) is 11.1 Å². The summed E-state index contributed by atoms with van der Waals surface area (Å²) in [4.78, 5) is 11.4. The predicted molar refractivity (Wildman–Crippen MR) is 82.2 cm³/mol. The first kappa shape index (κ1) is 17.7. The van der Waals surface area contributed by atoms with Gasteiger partial charge in [0.05, 0.1) is 10.4 Å². The van der Waals surface area contributed by atoms with Gasteiger partial charge in [-0.3, -0.25) is 4.57 Å². The van der Waals surface area contributed by atoms with E-state index in [1.165, 1.54) is 22.8 Å². The Bertz CT molecular complexity index is 808. The molecule has 0 aliphatic heterocycles. The number of nitrogens with zero attached hydrogens (tertiary/aromatic N) is 1. The Labute approximate surface area is 128 Å². The maximum atomic E-state index is 12.2. The van der Waals surface area contributed by atoms with Crippen molar-refractivity contribution in [2.75, 3.05) is 6.54 Å². The van der Waals surface area contributed by atoms with Crippen LogP contribution in [0.3, 0.4) is 0 Å². The van der Waals surface area contributed by atoms with E-state index in [4.69, 9.17) is 10.2 Å². The van der Waals surface area contributed by atoms with Gasteiger partial charge in [-0.15, -0.1) is 12.4 Å². The number of fused-ring (bicyclic) bond motifs is 1. The fourth-order valence-corrected chi connectivity index (χ4v) is 3.18. The third-order valence-corrected chi connectivity index (χ3v) is 4.69. The van der Waals surface area contributed by atoms with Crippen LogP contribution in [0.4, 0.5) is 0 Å². The average molecular weight is 336 g/mol. The summed E-state index contributed by atoms with van der Waals surface area (Å²) in [6.45, 7) is 3.53. The van der Waals surface area contributed by atoms with Gasteiger partial charge in [0.25, 0.3) is 0 Å². The van der Waals surface area contributed by atoms with Crippen LogP contribution in [0.2, 0.25) is 0 Å². The summed E-state index contributed by atoms with van der Waals surface area (Å²) < 4.78 is 33.3. The van der Waals surface area contributed by atoms with E-state index in [9.17, 15) is 13.2 Å². The number of nitrogens with one attached hydrogen (secondary N) is 1. The number of hydrogen-bond donors (Lipinski definition) is 2. The minimum Gasteiger partial charge on any atom is -0.408 e. The van der Waals surface area contributed by atoms with Crippen molar-refractivity contribution in [3.05, 3.63) is 28.7 Å². The van der Waals surface area contributed by atoms with Crippen molar-refractivity contribution in [2.45, 2.75) is 24.3 Å². The first-order valence-electron chi connectivity index (χ1n) is 6.00. The Balaban J connectivity index is 0.00000220. The van der Waals surface area contributed by atoms with Crippen molar-refractivity contribution in [2.24, 2.45) is 12.8 Å².